The van der Waals surface area contributed by atoms with Crippen molar-refractivity contribution in [2.45, 2.75) is 81.3 Å². The van der Waals surface area contributed by atoms with Crippen LogP contribution in [0.5, 0.6) is 0 Å². The quantitative estimate of drug-likeness (QED) is 0.437. The van der Waals surface area contributed by atoms with Gasteiger partial charge < -0.3 is 29.5 Å². The fourth-order valence-corrected chi connectivity index (χ4v) is 7.30. The zero-order chi connectivity index (χ0) is 19.1. The molecule has 6 aliphatic rings. The highest BCUT2D eigenvalue weighted by molar-refractivity contribution is 5.92. The summed E-state index contributed by atoms with van der Waals surface area (Å²) in [5, 5.41) is 33.5. The van der Waals surface area contributed by atoms with E-state index in [2.05, 4.69) is 6.92 Å². The molecule has 6 rings (SSSR count). The SMILES string of the molecule is CC(C)[C@@]1(O)[C@H](O)[C@H]2O[C@]23[C@@]2(O[C@@H]2C[C@H]2C4=C(CC[C@]23C)C(=O)OC4)[C@@H]1O. The van der Waals surface area contributed by atoms with Crippen LogP contribution in [0.3, 0.4) is 0 Å². The average molecular weight is 378 g/mol. The Labute approximate surface area is 157 Å². The van der Waals surface area contributed by atoms with Gasteiger partial charge in [-0.1, -0.05) is 20.8 Å². The summed E-state index contributed by atoms with van der Waals surface area (Å²) in [6.07, 6.45) is -1.25. The van der Waals surface area contributed by atoms with Gasteiger partial charge in [0.25, 0.3) is 0 Å². The first-order valence-corrected chi connectivity index (χ1v) is 9.99. The third kappa shape index (κ3) is 1.44. The van der Waals surface area contributed by atoms with Gasteiger partial charge in [-0.3, -0.25) is 0 Å². The van der Waals surface area contributed by atoms with Crippen LogP contribution in [0.25, 0.3) is 0 Å². The van der Waals surface area contributed by atoms with Crippen LogP contribution in [-0.4, -0.2) is 69.1 Å². The Morgan fingerprint density at radius 2 is 1.96 bits per heavy atom. The Bertz CT molecular complexity index is 806. The highest BCUT2D eigenvalue weighted by atomic mass is 16.7. The fourth-order valence-electron chi connectivity index (χ4n) is 7.30. The van der Waals surface area contributed by atoms with E-state index in [0.717, 1.165) is 11.1 Å². The van der Waals surface area contributed by atoms with Gasteiger partial charge in [-0.25, -0.2) is 4.79 Å². The van der Waals surface area contributed by atoms with Crippen molar-refractivity contribution in [3.05, 3.63) is 11.1 Å². The minimum atomic E-state index is -1.67. The monoisotopic (exact) mass is 378 g/mol. The molecule has 2 saturated heterocycles. The summed E-state index contributed by atoms with van der Waals surface area (Å²) in [5.74, 6) is -0.511. The van der Waals surface area contributed by atoms with Crippen molar-refractivity contribution in [1.82, 2.24) is 0 Å². The largest absolute Gasteiger partial charge is 0.458 e. The van der Waals surface area contributed by atoms with E-state index in [-0.39, 0.29) is 23.9 Å². The molecule has 3 heterocycles. The summed E-state index contributed by atoms with van der Waals surface area (Å²) in [5.41, 5.74) is -2.06. The van der Waals surface area contributed by atoms with Crippen molar-refractivity contribution < 1.29 is 34.3 Å². The Morgan fingerprint density at radius 1 is 1.22 bits per heavy atom. The molecular weight excluding hydrogens is 352 g/mol. The maximum atomic E-state index is 12.1. The summed E-state index contributed by atoms with van der Waals surface area (Å²) < 4.78 is 17.7. The Balaban J connectivity index is 1.50. The molecule has 4 fully saturated rings. The maximum Gasteiger partial charge on any atom is 0.334 e. The lowest BCUT2D eigenvalue weighted by Crippen LogP contribution is -2.76. The first-order chi connectivity index (χ1) is 12.7. The molecule has 7 heteroatoms. The Hall–Kier alpha value is -0.990. The summed E-state index contributed by atoms with van der Waals surface area (Å²) in [6, 6.07) is 0. The van der Waals surface area contributed by atoms with Gasteiger partial charge in [0.05, 0.1) is 6.10 Å². The zero-order valence-corrected chi connectivity index (χ0v) is 15.8. The van der Waals surface area contributed by atoms with Crippen LogP contribution in [0.2, 0.25) is 0 Å². The Morgan fingerprint density at radius 3 is 2.67 bits per heavy atom. The second kappa shape index (κ2) is 4.44. The third-order valence-corrected chi connectivity index (χ3v) is 8.90. The van der Waals surface area contributed by atoms with Crippen molar-refractivity contribution in [1.29, 1.82) is 0 Å². The number of esters is 1. The second-order valence-electron chi connectivity index (χ2n) is 9.85. The molecule has 7 nitrogen and oxygen atoms in total. The number of epoxide rings is 2. The van der Waals surface area contributed by atoms with E-state index in [4.69, 9.17) is 14.2 Å². The lowest BCUT2D eigenvalue weighted by atomic mass is 9.45. The molecule has 0 unspecified atom stereocenters. The summed E-state index contributed by atoms with van der Waals surface area (Å²) >= 11 is 0. The van der Waals surface area contributed by atoms with Crippen molar-refractivity contribution in [2.24, 2.45) is 17.3 Å². The van der Waals surface area contributed by atoms with Gasteiger partial charge in [0.15, 0.2) is 5.60 Å². The van der Waals surface area contributed by atoms with Crippen LogP contribution in [0, 0.1) is 17.3 Å². The summed E-state index contributed by atoms with van der Waals surface area (Å²) in [4.78, 5) is 12.1. The van der Waals surface area contributed by atoms with E-state index in [1.165, 1.54) is 0 Å². The molecule has 3 aliphatic heterocycles. The number of fused-ring (bicyclic) bond motifs is 2. The van der Waals surface area contributed by atoms with Crippen LogP contribution >= 0.6 is 0 Å². The minimum Gasteiger partial charge on any atom is -0.458 e. The molecule has 2 spiro atoms. The highest BCUT2D eigenvalue weighted by Gasteiger charge is 2.96. The fraction of sp³-hybridized carbons (Fsp3) is 0.850. The highest BCUT2D eigenvalue weighted by Crippen LogP contribution is 2.79. The van der Waals surface area contributed by atoms with E-state index in [1.807, 2.05) is 0 Å². The molecule has 0 bridgehead atoms. The van der Waals surface area contributed by atoms with E-state index in [9.17, 15) is 20.1 Å². The number of hydrogen-bond donors (Lipinski definition) is 3. The predicted octanol–water partition coefficient (Wildman–Crippen LogP) is 0.0575. The first kappa shape index (κ1) is 16.9. The normalized spacial score (nSPS) is 60.1. The smallest absolute Gasteiger partial charge is 0.334 e. The van der Waals surface area contributed by atoms with Crippen LogP contribution in [0.15, 0.2) is 11.1 Å². The van der Waals surface area contributed by atoms with Crippen molar-refractivity contribution in [3.63, 3.8) is 0 Å². The standard InChI is InChI=1S/C20H26O7/c1-8(2)18(24)13(21)14-20(27-14)17(3)5-4-9-10(7-25-15(9)22)11(17)6-12-19(20,26-12)16(18)23/h8,11-14,16,21,23-24H,4-7H2,1-3H3/t11-,12+,13+,14+,16+,17+,18+,19-,20+/m0/s1. The van der Waals surface area contributed by atoms with Crippen LogP contribution in [-0.2, 0) is 19.0 Å². The molecule has 2 saturated carbocycles. The summed E-state index contributed by atoms with van der Waals surface area (Å²) in [7, 11) is 0. The molecular formula is C20H26O7. The number of hydrogen-bond acceptors (Lipinski definition) is 7. The third-order valence-electron chi connectivity index (χ3n) is 8.90. The van der Waals surface area contributed by atoms with E-state index < -0.39 is 40.5 Å². The van der Waals surface area contributed by atoms with E-state index in [0.29, 0.717) is 25.9 Å². The van der Waals surface area contributed by atoms with Crippen LogP contribution in [0.4, 0.5) is 0 Å². The van der Waals surface area contributed by atoms with E-state index in [1.54, 1.807) is 13.8 Å². The average Bonchev–Trinajstić information content (AvgIpc) is 3.50. The molecule has 0 aromatic heterocycles. The molecule has 0 radical (unpaired) electrons. The number of rotatable bonds is 1. The zero-order valence-electron chi connectivity index (χ0n) is 15.8. The van der Waals surface area contributed by atoms with Gasteiger partial charge in [0, 0.05) is 11.0 Å². The van der Waals surface area contributed by atoms with Gasteiger partial charge in [-0.2, -0.15) is 0 Å². The number of ether oxygens (including phenoxy) is 3. The van der Waals surface area contributed by atoms with Gasteiger partial charge >= 0.3 is 5.97 Å². The number of carbonyl (C=O) groups is 1. The molecule has 27 heavy (non-hydrogen) atoms. The van der Waals surface area contributed by atoms with Gasteiger partial charge in [0.1, 0.15) is 36.1 Å². The first-order valence-electron chi connectivity index (χ1n) is 9.99. The lowest BCUT2D eigenvalue weighted by molar-refractivity contribution is -0.223. The minimum absolute atomic E-state index is 0.0583. The summed E-state index contributed by atoms with van der Waals surface area (Å²) in [6.45, 7) is 6.03. The molecule has 148 valence electrons. The second-order valence-corrected chi connectivity index (χ2v) is 9.85. The predicted molar refractivity (Wildman–Crippen MR) is 90.4 cm³/mol. The lowest BCUT2D eigenvalue weighted by Gasteiger charge is -2.56. The van der Waals surface area contributed by atoms with Gasteiger partial charge in [0.2, 0.25) is 0 Å². The molecule has 0 aromatic carbocycles. The molecule has 0 aromatic rings. The number of cyclic esters (lactones) is 1. The number of carbonyl (C=O) groups excluding carboxylic acids is 1. The van der Waals surface area contributed by atoms with Gasteiger partial charge in [-0.15, -0.1) is 0 Å². The van der Waals surface area contributed by atoms with Crippen molar-refractivity contribution in [3.8, 4) is 0 Å². The van der Waals surface area contributed by atoms with Crippen molar-refractivity contribution in [2.75, 3.05) is 6.61 Å². The van der Waals surface area contributed by atoms with Crippen molar-refractivity contribution >= 4 is 5.97 Å². The maximum absolute atomic E-state index is 12.1. The molecule has 3 N–H and O–H groups in total. The van der Waals surface area contributed by atoms with Crippen LogP contribution < -0.4 is 0 Å². The van der Waals surface area contributed by atoms with E-state index >= 15 is 0 Å². The van der Waals surface area contributed by atoms with Crippen LogP contribution in [0.1, 0.15) is 40.0 Å². The molecule has 3 aliphatic carbocycles. The van der Waals surface area contributed by atoms with Gasteiger partial charge in [-0.05, 0) is 36.7 Å². The Kier molecular flexibility index (Phi) is 2.78. The molecule has 9 atom stereocenters. The topological polar surface area (TPSA) is 112 Å². The molecule has 0 amide bonds. The number of aliphatic hydroxyl groups excluding tert-OH is 2. The number of aliphatic hydroxyl groups is 3.